The van der Waals surface area contributed by atoms with Gasteiger partial charge in [-0.3, -0.25) is 0 Å². The maximum Gasteiger partial charge on any atom is 0.328 e. The Bertz CT molecular complexity index is 520. The van der Waals surface area contributed by atoms with Crippen LogP contribution in [0, 0.1) is 5.82 Å². The molecular formula is C15H18FNO3. The average molecular weight is 279 g/mol. The van der Waals surface area contributed by atoms with Gasteiger partial charge in [0.2, 0.25) is 0 Å². The van der Waals surface area contributed by atoms with Gasteiger partial charge in [-0.05, 0) is 32.1 Å². The summed E-state index contributed by atoms with van der Waals surface area (Å²) < 4.78 is 19.6. The zero-order valence-corrected chi connectivity index (χ0v) is 11.5. The van der Waals surface area contributed by atoms with Gasteiger partial charge in [0.25, 0.3) is 0 Å². The van der Waals surface area contributed by atoms with Crippen molar-refractivity contribution in [1.82, 2.24) is 0 Å². The number of benzene rings is 1. The summed E-state index contributed by atoms with van der Waals surface area (Å²) in [5.41, 5.74) is 1.00. The molecule has 0 spiro atoms. The fourth-order valence-corrected chi connectivity index (χ4v) is 2.50. The highest BCUT2D eigenvalue weighted by Crippen LogP contribution is 2.27. The first kappa shape index (κ1) is 14.5. The van der Waals surface area contributed by atoms with Gasteiger partial charge in [0, 0.05) is 30.4 Å². The molecule has 20 heavy (non-hydrogen) atoms. The first-order valence-electron chi connectivity index (χ1n) is 6.57. The second-order valence-electron chi connectivity index (χ2n) is 5.01. The minimum Gasteiger partial charge on any atom is -0.478 e. The predicted molar refractivity (Wildman–Crippen MR) is 75.3 cm³/mol. The number of carboxylic acid groups (broad SMARTS) is 1. The molecule has 1 heterocycles. The van der Waals surface area contributed by atoms with Crippen molar-refractivity contribution < 1.29 is 19.0 Å². The predicted octanol–water partition coefficient (Wildman–Crippen LogP) is 2.54. The molecule has 1 aromatic carbocycles. The van der Waals surface area contributed by atoms with Crippen LogP contribution in [-0.4, -0.2) is 36.4 Å². The number of hydrogen-bond donors (Lipinski definition) is 1. The van der Waals surface area contributed by atoms with Crippen LogP contribution in [0.5, 0.6) is 0 Å². The van der Waals surface area contributed by atoms with Crippen molar-refractivity contribution in [3.8, 4) is 0 Å². The lowest BCUT2D eigenvalue weighted by molar-refractivity contribution is -0.131. The molecule has 1 fully saturated rings. The van der Waals surface area contributed by atoms with E-state index in [0.29, 0.717) is 24.3 Å². The maximum absolute atomic E-state index is 13.9. The Kier molecular flexibility index (Phi) is 4.39. The first-order valence-corrected chi connectivity index (χ1v) is 6.57. The third-order valence-corrected chi connectivity index (χ3v) is 3.18. The number of carbonyl (C=O) groups is 1. The van der Waals surface area contributed by atoms with E-state index in [2.05, 4.69) is 0 Å². The highest BCUT2D eigenvalue weighted by molar-refractivity contribution is 5.87. The van der Waals surface area contributed by atoms with E-state index in [4.69, 9.17) is 9.84 Å². The first-order chi connectivity index (χ1) is 9.47. The molecule has 0 aromatic heterocycles. The van der Waals surface area contributed by atoms with Gasteiger partial charge in [-0.25, -0.2) is 9.18 Å². The van der Waals surface area contributed by atoms with E-state index in [1.54, 1.807) is 12.1 Å². The van der Waals surface area contributed by atoms with Crippen molar-refractivity contribution in [3.63, 3.8) is 0 Å². The molecule has 1 N–H and O–H groups in total. The van der Waals surface area contributed by atoms with E-state index < -0.39 is 11.8 Å². The summed E-state index contributed by atoms with van der Waals surface area (Å²) in [7, 11) is 0. The number of aliphatic carboxylic acids is 1. The molecule has 4 nitrogen and oxygen atoms in total. The molecule has 0 bridgehead atoms. The molecule has 0 unspecified atom stereocenters. The fraction of sp³-hybridized carbons (Fsp3) is 0.400. The number of anilines is 1. The summed E-state index contributed by atoms with van der Waals surface area (Å²) >= 11 is 0. The van der Waals surface area contributed by atoms with E-state index in [0.717, 1.165) is 6.08 Å². The molecule has 2 atom stereocenters. The van der Waals surface area contributed by atoms with Gasteiger partial charge in [0.1, 0.15) is 5.82 Å². The number of halogens is 1. The summed E-state index contributed by atoms with van der Waals surface area (Å²) in [6, 6.07) is 4.77. The highest BCUT2D eigenvalue weighted by atomic mass is 19.1. The minimum absolute atomic E-state index is 0.0540. The summed E-state index contributed by atoms with van der Waals surface area (Å²) in [5, 5.41) is 8.71. The quantitative estimate of drug-likeness (QED) is 0.864. The Balaban J connectivity index is 2.35. The molecule has 5 heteroatoms. The highest BCUT2D eigenvalue weighted by Gasteiger charge is 2.24. The van der Waals surface area contributed by atoms with Crippen molar-refractivity contribution in [2.24, 2.45) is 0 Å². The molecule has 108 valence electrons. The second-order valence-corrected chi connectivity index (χ2v) is 5.01. The molecule has 1 saturated heterocycles. The average Bonchev–Trinajstić information content (AvgIpc) is 2.35. The Morgan fingerprint density at radius 2 is 2.05 bits per heavy atom. The van der Waals surface area contributed by atoms with E-state index in [-0.39, 0.29) is 12.2 Å². The van der Waals surface area contributed by atoms with Crippen molar-refractivity contribution >= 4 is 17.7 Å². The summed E-state index contributed by atoms with van der Waals surface area (Å²) in [4.78, 5) is 12.7. The Morgan fingerprint density at radius 3 is 2.65 bits per heavy atom. The van der Waals surface area contributed by atoms with Crippen molar-refractivity contribution in [3.05, 3.63) is 35.7 Å². The molecule has 1 aliphatic rings. The molecule has 1 aromatic rings. The van der Waals surface area contributed by atoms with Gasteiger partial charge in [-0.15, -0.1) is 0 Å². The number of nitrogens with zero attached hydrogens (tertiary/aromatic N) is 1. The molecule has 0 aliphatic carbocycles. The van der Waals surface area contributed by atoms with E-state index >= 15 is 0 Å². The van der Waals surface area contributed by atoms with E-state index in [1.165, 1.54) is 12.1 Å². The van der Waals surface area contributed by atoms with Crippen LogP contribution < -0.4 is 4.90 Å². The van der Waals surface area contributed by atoms with Crippen LogP contribution in [0.1, 0.15) is 19.4 Å². The third kappa shape index (κ3) is 3.36. The van der Waals surface area contributed by atoms with Crippen molar-refractivity contribution in [1.29, 1.82) is 0 Å². The van der Waals surface area contributed by atoms with Crippen LogP contribution in [0.4, 0.5) is 10.1 Å². The molecule has 0 amide bonds. The lowest BCUT2D eigenvalue weighted by Gasteiger charge is -2.37. The number of morpholine rings is 1. The minimum atomic E-state index is -1.09. The van der Waals surface area contributed by atoms with Gasteiger partial charge in [-0.2, -0.15) is 0 Å². The fourth-order valence-electron chi connectivity index (χ4n) is 2.50. The Morgan fingerprint density at radius 1 is 1.40 bits per heavy atom. The standard InChI is InChI=1S/C15H18FNO3/c1-10-8-17(9-11(2)20-10)14-5-3-4-13(16)12(14)6-7-15(18)19/h3-7,10-11H,8-9H2,1-2H3,(H,18,19)/b7-6+/t10-,11+. The van der Waals surface area contributed by atoms with Crippen LogP contribution in [0.2, 0.25) is 0 Å². The smallest absolute Gasteiger partial charge is 0.328 e. The summed E-state index contributed by atoms with van der Waals surface area (Å²) in [5.74, 6) is -1.52. The summed E-state index contributed by atoms with van der Waals surface area (Å²) in [6.07, 6.45) is 2.36. The van der Waals surface area contributed by atoms with Crippen LogP contribution in [-0.2, 0) is 9.53 Å². The molecule has 2 rings (SSSR count). The number of rotatable bonds is 3. The lowest BCUT2D eigenvalue weighted by atomic mass is 10.1. The van der Waals surface area contributed by atoms with E-state index in [9.17, 15) is 9.18 Å². The summed E-state index contributed by atoms with van der Waals surface area (Å²) in [6.45, 7) is 5.24. The van der Waals surface area contributed by atoms with Crippen LogP contribution in [0.15, 0.2) is 24.3 Å². The maximum atomic E-state index is 13.9. The Hall–Kier alpha value is -1.88. The van der Waals surface area contributed by atoms with E-state index in [1.807, 2.05) is 18.7 Å². The number of ether oxygens (including phenoxy) is 1. The van der Waals surface area contributed by atoms with Crippen LogP contribution in [0.3, 0.4) is 0 Å². The monoisotopic (exact) mass is 279 g/mol. The van der Waals surface area contributed by atoms with Crippen LogP contribution in [0.25, 0.3) is 6.08 Å². The van der Waals surface area contributed by atoms with Gasteiger partial charge >= 0.3 is 5.97 Å². The van der Waals surface area contributed by atoms with Gasteiger partial charge < -0.3 is 14.7 Å². The molecule has 0 radical (unpaired) electrons. The van der Waals surface area contributed by atoms with Gasteiger partial charge in [0.15, 0.2) is 0 Å². The number of carboxylic acids is 1. The van der Waals surface area contributed by atoms with Gasteiger partial charge in [-0.1, -0.05) is 6.07 Å². The number of hydrogen-bond acceptors (Lipinski definition) is 3. The zero-order valence-electron chi connectivity index (χ0n) is 11.5. The van der Waals surface area contributed by atoms with Crippen molar-refractivity contribution in [2.45, 2.75) is 26.1 Å². The molecular weight excluding hydrogens is 261 g/mol. The second kappa shape index (κ2) is 6.05. The Labute approximate surface area is 117 Å². The van der Waals surface area contributed by atoms with Gasteiger partial charge in [0.05, 0.1) is 12.2 Å². The normalized spacial score (nSPS) is 23.2. The molecule has 0 saturated carbocycles. The largest absolute Gasteiger partial charge is 0.478 e. The zero-order chi connectivity index (χ0) is 14.7. The molecule has 1 aliphatic heterocycles. The lowest BCUT2D eigenvalue weighted by Crippen LogP contribution is -2.45. The SMILES string of the molecule is C[C@@H]1CN(c2cccc(F)c2/C=C/C(=O)O)C[C@H](C)O1. The topological polar surface area (TPSA) is 49.8 Å². The third-order valence-electron chi connectivity index (χ3n) is 3.18. The van der Waals surface area contributed by atoms with Crippen LogP contribution >= 0.6 is 0 Å². The van der Waals surface area contributed by atoms with Crippen molar-refractivity contribution in [2.75, 3.05) is 18.0 Å².